The Morgan fingerprint density at radius 1 is 1.17 bits per heavy atom. The molecular formula is C10H5F2N3O3. The van der Waals surface area contributed by atoms with Crippen LogP contribution in [-0.4, -0.2) is 14.9 Å². The van der Waals surface area contributed by atoms with Gasteiger partial charge in [0.05, 0.1) is 4.92 Å². The van der Waals surface area contributed by atoms with Gasteiger partial charge in [0.1, 0.15) is 18.1 Å². The highest BCUT2D eigenvalue weighted by molar-refractivity contribution is 5.27. The zero-order chi connectivity index (χ0) is 13.1. The molecule has 0 aliphatic rings. The van der Waals surface area contributed by atoms with Crippen LogP contribution in [0.1, 0.15) is 0 Å². The first kappa shape index (κ1) is 11.8. The van der Waals surface area contributed by atoms with Crippen molar-refractivity contribution in [2.75, 3.05) is 0 Å². The summed E-state index contributed by atoms with van der Waals surface area (Å²) in [5, 5.41) is 10.3. The highest BCUT2D eigenvalue weighted by atomic mass is 19.2. The third-order valence-electron chi connectivity index (χ3n) is 1.93. The quantitative estimate of drug-likeness (QED) is 0.620. The third kappa shape index (κ3) is 2.54. The van der Waals surface area contributed by atoms with Crippen LogP contribution >= 0.6 is 0 Å². The van der Waals surface area contributed by atoms with Gasteiger partial charge in [-0.15, -0.1) is 0 Å². The van der Waals surface area contributed by atoms with Crippen molar-refractivity contribution >= 4 is 5.69 Å². The molecule has 0 spiro atoms. The van der Waals surface area contributed by atoms with Gasteiger partial charge in [0.25, 0.3) is 0 Å². The topological polar surface area (TPSA) is 78.2 Å². The fourth-order valence-corrected chi connectivity index (χ4v) is 1.10. The molecule has 0 atom stereocenters. The fraction of sp³-hybridized carbons (Fsp3) is 0. The summed E-state index contributed by atoms with van der Waals surface area (Å²) in [5.41, 5.74) is -0.298. The second-order valence-corrected chi connectivity index (χ2v) is 3.16. The van der Waals surface area contributed by atoms with Crippen molar-refractivity contribution in [1.82, 2.24) is 9.97 Å². The number of halogens is 2. The maximum atomic E-state index is 12.9. The Labute approximate surface area is 99.0 Å². The molecule has 1 aromatic heterocycles. The van der Waals surface area contributed by atoms with E-state index in [4.69, 9.17) is 4.74 Å². The van der Waals surface area contributed by atoms with E-state index < -0.39 is 16.6 Å². The van der Waals surface area contributed by atoms with Crippen LogP contribution in [0, 0.1) is 21.7 Å². The molecule has 0 saturated heterocycles. The minimum atomic E-state index is -1.07. The smallest absolute Gasteiger partial charge is 0.322 e. The number of ether oxygens (including phenoxy) is 1. The van der Waals surface area contributed by atoms with Crippen LogP contribution in [0.15, 0.2) is 30.6 Å². The first-order valence-corrected chi connectivity index (χ1v) is 4.65. The van der Waals surface area contributed by atoms with Crippen molar-refractivity contribution in [2.45, 2.75) is 0 Å². The Morgan fingerprint density at radius 3 is 2.39 bits per heavy atom. The summed E-state index contributed by atoms with van der Waals surface area (Å²) in [5.74, 6) is -2.09. The third-order valence-corrected chi connectivity index (χ3v) is 1.93. The van der Waals surface area contributed by atoms with Crippen molar-refractivity contribution in [3.8, 4) is 11.8 Å². The second-order valence-electron chi connectivity index (χ2n) is 3.16. The highest BCUT2D eigenvalue weighted by Crippen LogP contribution is 2.20. The first-order chi connectivity index (χ1) is 8.56. The Hall–Kier alpha value is -2.64. The van der Waals surface area contributed by atoms with Gasteiger partial charge in [-0.3, -0.25) is 10.1 Å². The average Bonchev–Trinajstić information content (AvgIpc) is 2.34. The van der Waals surface area contributed by atoms with Crippen LogP contribution in [0.2, 0.25) is 0 Å². The lowest BCUT2D eigenvalue weighted by atomic mass is 10.3. The van der Waals surface area contributed by atoms with E-state index in [1.54, 1.807) is 0 Å². The zero-order valence-electron chi connectivity index (χ0n) is 8.71. The molecule has 0 aliphatic carbocycles. The van der Waals surface area contributed by atoms with Crippen LogP contribution in [0.5, 0.6) is 11.8 Å². The average molecular weight is 253 g/mol. The zero-order valence-corrected chi connectivity index (χ0v) is 8.71. The first-order valence-electron chi connectivity index (χ1n) is 4.65. The fourth-order valence-electron chi connectivity index (χ4n) is 1.10. The van der Waals surface area contributed by atoms with Gasteiger partial charge < -0.3 is 4.74 Å². The number of aromatic nitrogens is 2. The molecule has 2 aromatic rings. The van der Waals surface area contributed by atoms with E-state index in [2.05, 4.69) is 9.97 Å². The summed E-state index contributed by atoms with van der Waals surface area (Å²) in [6.07, 6.45) is 1.89. The maximum absolute atomic E-state index is 12.9. The number of hydrogen-bond acceptors (Lipinski definition) is 5. The van der Waals surface area contributed by atoms with Crippen molar-refractivity contribution in [3.05, 3.63) is 52.3 Å². The summed E-state index contributed by atoms with van der Waals surface area (Å²) in [4.78, 5) is 16.8. The summed E-state index contributed by atoms with van der Waals surface area (Å²) >= 11 is 0. The Kier molecular flexibility index (Phi) is 3.09. The van der Waals surface area contributed by atoms with E-state index in [9.17, 15) is 18.9 Å². The van der Waals surface area contributed by atoms with Crippen LogP contribution < -0.4 is 4.74 Å². The van der Waals surface area contributed by atoms with Gasteiger partial charge in [-0.25, -0.2) is 8.78 Å². The van der Waals surface area contributed by atoms with Gasteiger partial charge in [0.15, 0.2) is 11.6 Å². The molecule has 92 valence electrons. The van der Waals surface area contributed by atoms with Crippen LogP contribution in [0.4, 0.5) is 14.5 Å². The monoisotopic (exact) mass is 253 g/mol. The molecule has 0 amide bonds. The molecule has 2 rings (SSSR count). The largest absolute Gasteiger partial charge is 0.424 e. The van der Waals surface area contributed by atoms with Gasteiger partial charge >= 0.3 is 11.7 Å². The van der Waals surface area contributed by atoms with Gasteiger partial charge in [-0.2, -0.15) is 9.97 Å². The number of rotatable bonds is 3. The van der Waals surface area contributed by atoms with E-state index in [1.807, 2.05) is 0 Å². The minimum absolute atomic E-state index is 0.0113. The van der Waals surface area contributed by atoms with Gasteiger partial charge in [-0.1, -0.05) is 0 Å². The predicted octanol–water partition coefficient (Wildman–Crippen LogP) is 2.46. The molecule has 0 bridgehead atoms. The Bertz CT molecular complexity index is 589. The summed E-state index contributed by atoms with van der Waals surface area (Å²) in [6.45, 7) is 0. The molecule has 0 N–H and O–H groups in total. The molecular weight excluding hydrogens is 248 g/mol. The Morgan fingerprint density at radius 2 is 1.83 bits per heavy atom. The highest BCUT2D eigenvalue weighted by Gasteiger charge is 2.09. The van der Waals surface area contributed by atoms with E-state index >= 15 is 0 Å². The molecule has 18 heavy (non-hydrogen) atoms. The van der Waals surface area contributed by atoms with Crippen molar-refractivity contribution in [1.29, 1.82) is 0 Å². The summed E-state index contributed by atoms with van der Waals surface area (Å²) < 4.78 is 30.5. The molecule has 1 heterocycles. The molecule has 0 radical (unpaired) electrons. The van der Waals surface area contributed by atoms with Crippen LogP contribution in [0.25, 0.3) is 0 Å². The van der Waals surface area contributed by atoms with Gasteiger partial charge in [0, 0.05) is 6.07 Å². The lowest BCUT2D eigenvalue weighted by Crippen LogP contribution is -1.95. The molecule has 0 unspecified atom stereocenters. The predicted molar refractivity (Wildman–Crippen MR) is 55.1 cm³/mol. The lowest BCUT2D eigenvalue weighted by molar-refractivity contribution is -0.385. The van der Waals surface area contributed by atoms with Crippen molar-refractivity contribution in [3.63, 3.8) is 0 Å². The second kappa shape index (κ2) is 4.70. The molecule has 0 fully saturated rings. The lowest BCUT2D eigenvalue weighted by Gasteiger charge is -2.03. The Balaban J connectivity index is 2.18. The molecule has 6 nitrogen and oxygen atoms in total. The van der Waals surface area contributed by atoms with Gasteiger partial charge in [-0.05, 0) is 12.1 Å². The number of hydrogen-bond donors (Lipinski definition) is 0. The van der Waals surface area contributed by atoms with Gasteiger partial charge in [0.2, 0.25) is 0 Å². The molecule has 8 heteroatoms. The summed E-state index contributed by atoms with van der Waals surface area (Å²) in [6, 6.07) is 2.69. The van der Waals surface area contributed by atoms with Crippen molar-refractivity contribution < 1.29 is 18.4 Å². The minimum Gasteiger partial charge on any atom is -0.424 e. The summed E-state index contributed by atoms with van der Waals surface area (Å²) in [7, 11) is 0. The van der Waals surface area contributed by atoms with Crippen LogP contribution in [0.3, 0.4) is 0 Å². The normalized spacial score (nSPS) is 10.1. The number of benzene rings is 1. The molecule has 1 aromatic carbocycles. The standard InChI is InChI=1S/C10H5F2N3O3/c11-8-2-1-7(3-9(8)12)18-10-13-4-6(5-14-10)15(16)17/h1-5H. The number of nitro groups is 1. The molecule has 0 aliphatic heterocycles. The van der Waals surface area contributed by atoms with E-state index in [-0.39, 0.29) is 17.4 Å². The van der Waals surface area contributed by atoms with E-state index in [0.29, 0.717) is 0 Å². The molecule has 0 saturated carbocycles. The van der Waals surface area contributed by atoms with Crippen LogP contribution in [-0.2, 0) is 0 Å². The number of nitrogens with zero attached hydrogens (tertiary/aromatic N) is 3. The maximum Gasteiger partial charge on any atom is 0.322 e. The SMILES string of the molecule is O=[N+]([O-])c1cnc(Oc2ccc(F)c(F)c2)nc1. The van der Waals surface area contributed by atoms with E-state index in [0.717, 1.165) is 24.5 Å². The van der Waals surface area contributed by atoms with E-state index in [1.165, 1.54) is 6.07 Å². The van der Waals surface area contributed by atoms with Crippen molar-refractivity contribution in [2.24, 2.45) is 0 Å².